The van der Waals surface area contributed by atoms with Crippen LogP contribution < -0.4 is 10.6 Å². The van der Waals surface area contributed by atoms with Crippen molar-refractivity contribution < 1.29 is 4.79 Å². The maximum Gasteiger partial charge on any atom is 0.226 e. The summed E-state index contributed by atoms with van der Waals surface area (Å²) in [5, 5.41) is 6.51. The van der Waals surface area contributed by atoms with E-state index >= 15 is 0 Å². The summed E-state index contributed by atoms with van der Waals surface area (Å²) in [4.78, 5) is 16.4. The number of imidazole rings is 1. The van der Waals surface area contributed by atoms with Crippen LogP contribution in [0.4, 0.5) is 0 Å². The average Bonchev–Trinajstić information content (AvgIpc) is 2.82. The first kappa shape index (κ1) is 19.3. The molecule has 0 radical (unpaired) electrons. The summed E-state index contributed by atoms with van der Waals surface area (Å²) in [6.45, 7) is 5.92. The fourth-order valence-corrected chi connectivity index (χ4v) is 3.67. The van der Waals surface area contributed by atoms with Crippen LogP contribution in [0.2, 0.25) is 0 Å². The summed E-state index contributed by atoms with van der Waals surface area (Å²) in [6.07, 6.45) is 9.85. The molecular weight excluding hydrogens is 323 g/mol. The van der Waals surface area contributed by atoms with Crippen molar-refractivity contribution in [2.45, 2.75) is 39.2 Å². The number of carbonyl (C=O) groups is 1. The molecule has 5 nitrogen and oxygen atoms in total. The number of piperidine rings is 1. The Hall–Kier alpha value is -0.780. The smallest absolute Gasteiger partial charge is 0.226 e. The van der Waals surface area contributed by atoms with Crippen molar-refractivity contribution in [2.75, 3.05) is 19.6 Å². The van der Waals surface area contributed by atoms with Gasteiger partial charge >= 0.3 is 0 Å². The van der Waals surface area contributed by atoms with E-state index in [1.807, 2.05) is 17.1 Å². The Kier molecular flexibility index (Phi) is 6.71. The first-order valence-corrected chi connectivity index (χ1v) is 7.61. The molecule has 22 heavy (non-hydrogen) atoms. The van der Waals surface area contributed by atoms with E-state index in [0.717, 1.165) is 51.9 Å². The molecule has 1 aliphatic carbocycles. The lowest BCUT2D eigenvalue weighted by molar-refractivity contribution is -0.127. The van der Waals surface area contributed by atoms with Gasteiger partial charge in [-0.05, 0) is 44.2 Å². The Morgan fingerprint density at radius 3 is 2.73 bits per heavy atom. The molecule has 1 aromatic rings. The summed E-state index contributed by atoms with van der Waals surface area (Å²) >= 11 is 0. The first-order valence-electron chi connectivity index (χ1n) is 7.61. The van der Waals surface area contributed by atoms with Crippen molar-refractivity contribution in [3.05, 3.63) is 18.7 Å². The van der Waals surface area contributed by atoms with E-state index in [9.17, 15) is 4.79 Å². The fraction of sp³-hybridized carbons (Fsp3) is 0.733. The Morgan fingerprint density at radius 1 is 1.36 bits per heavy atom. The minimum absolute atomic E-state index is 0. The van der Waals surface area contributed by atoms with Crippen LogP contribution in [0.25, 0.3) is 0 Å². The molecule has 1 aromatic heterocycles. The molecule has 1 spiro atoms. The monoisotopic (exact) mass is 348 g/mol. The van der Waals surface area contributed by atoms with Crippen molar-refractivity contribution in [1.29, 1.82) is 0 Å². The number of rotatable bonds is 5. The predicted octanol–water partition coefficient (Wildman–Crippen LogP) is 2.01. The van der Waals surface area contributed by atoms with Gasteiger partial charge in [0.25, 0.3) is 0 Å². The highest BCUT2D eigenvalue weighted by molar-refractivity contribution is 5.86. The van der Waals surface area contributed by atoms with Gasteiger partial charge in [0.2, 0.25) is 5.91 Å². The van der Waals surface area contributed by atoms with Crippen molar-refractivity contribution in [3.8, 4) is 0 Å². The lowest BCUT2D eigenvalue weighted by atomic mass is 9.85. The second-order valence-electron chi connectivity index (χ2n) is 6.45. The number of nitrogens with one attached hydrogen (secondary N) is 2. The number of hydrogen-bond acceptors (Lipinski definition) is 3. The second-order valence-corrected chi connectivity index (χ2v) is 6.45. The molecule has 3 rings (SSSR count). The van der Waals surface area contributed by atoms with Crippen LogP contribution in [-0.2, 0) is 11.3 Å². The van der Waals surface area contributed by atoms with Crippen molar-refractivity contribution in [1.82, 2.24) is 20.2 Å². The van der Waals surface area contributed by atoms with Crippen LogP contribution in [0.1, 0.15) is 32.6 Å². The van der Waals surface area contributed by atoms with Crippen LogP contribution in [0, 0.1) is 10.8 Å². The molecule has 1 amide bonds. The predicted molar refractivity (Wildman–Crippen MR) is 91.6 cm³/mol. The van der Waals surface area contributed by atoms with Crippen molar-refractivity contribution in [2.24, 2.45) is 10.8 Å². The van der Waals surface area contributed by atoms with Crippen LogP contribution in [-0.4, -0.2) is 35.1 Å². The zero-order chi connectivity index (χ0) is 14.1. The molecule has 2 aliphatic rings. The van der Waals surface area contributed by atoms with Crippen molar-refractivity contribution in [3.63, 3.8) is 0 Å². The minimum atomic E-state index is -0.121. The van der Waals surface area contributed by atoms with E-state index < -0.39 is 0 Å². The van der Waals surface area contributed by atoms with Gasteiger partial charge in [0.15, 0.2) is 0 Å². The minimum Gasteiger partial charge on any atom is -0.356 e. The summed E-state index contributed by atoms with van der Waals surface area (Å²) in [5.41, 5.74) is 0.163. The number of aromatic nitrogens is 2. The molecule has 0 aromatic carbocycles. The molecule has 2 N–H and O–H groups in total. The largest absolute Gasteiger partial charge is 0.356 e. The lowest BCUT2D eigenvalue weighted by Gasteiger charge is -2.27. The van der Waals surface area contributed by atoms with Gasteiger partial charge in [0.05, 0.1) is 11.7 Å². The number of carbonyl (C=O) groups excluding carboxylic acids is 1. The van der Waals surface area contributed by atoms with Gasteiger partial charge in [-0.25, -0.2) is 4.98 Å². The van der Waals surface area contributed by atoms with Gasteiger partial charge in [-0.1, -0.05) is 6.92 Å². The molecule has 2 heterocycles. The fourth-order valence-electron chi connectivity index (χ4n) is 3.67. The van der Waals surface area contributed by atoms with E-state index in [0.29, 0.717) is 0 Å². The number of aryl methyl sites for hydroxylation is 1. The van der Waals surface area contributed by atoms with E-state index in [1.54, 1.807) is 6.20 Å². The van der Waals surface area contributed by atoms with Crippen LogP contribution in [0.15, 0.2) is 18.7 Å². The van der Waals surface area contributed by atoms with E-state index in [-0.39, 0.29) is 41.6 Å². The highest BCUT2D eigenvalue weighted by atomic mass is 35.5. The van der Waals surface area contributed by atoms with Gasteiger partial charge in [-0.2, -0.15) is 0 Å². The van der Waals surface area contributed by atoms with Crippen molar-refractivity contribution >= 4 is 30.7 Å². The van der Waals surface area contributed by atoms with Gasteiger partial charge < -0.3 is 15.2 Å². The van der Waals surface area contributed by atoms with Gasteiger partial charge in [0.1, 0.15) is 0 Å². The molecule has 7 heteroatoms. The third-order valence-corrected chi connectivity index (χ3v) is 5.24. The summed E-state index contributed by atoms with van der Waals surface area (Å²) in [6, 6.07) is 0. The molecule has 1 saturated carbocycles. The van der Waals surface area contributed by atoms with Crippen LogP contribution in [0.3, 0.4) is 0 Å². The van der Waals surface area contributed by atoms with E-state index in [1.165, 1.54) is 0 Å². The Morgan fingerprint density at radius 2 is 2.09 bits per heavy atom. The zero-order valence-corrected chi connectivity index (χ0v) is 14.6. The molecule has 126 valence electrons. The highest BCUT2D eigenvalue weighted by Gasteiger charge is 2.67. The van der Waals surface area contributed by atoms with Crippen LogP contribution in [0.5, 0.6) is 0 Å². The van der Waals surface area contributed by atoms with Gasteiger partial charge in [-0.3, -0.25) is 4.79 Å². The van der Waals surface area contributed by atoms with Gasteiger partial charge in [-0.15, -0.1) is 24.8 Å². The topological polar surface area (TPSA) is 59.0 Å². The molecule has 1 unspecified atom stereocenters. The lowest BCUT2D eigenvalue weighted by Crippen LogP contribution is -2.38. The third-order valence-electron chi connectivity index (χ3n) is 5.24. The molecule has 1 aliphatic heterocycles. The standard InChI is InChI=1S/C15H24N4O.2ClH/c1-14(11-15(14)3-6-16-7-4-15)13(20)18-5-2-9-19-10-8-17-12-19;;/h8,10,12,16H,2-7,9,11H2,1H3,(H,18,20);2*1H. The second kappa shape index (κ2) is 7.66. The Balaban J connectivity index is 0.00000121. The quantitative estimate of drug-likeness (QED) is 0.800. The summed E-state index contributed by atoms with van der Waals surface area (Å²) in [7, 11) is 0. The summed E-state index contributed by atoms with van der Waals surface area (Å²) in [5.74, 6) is 0.255. The molecule has 1 saturated heterocycles. The van der Waals surface area contributed by atoms with E-state index in [4.69, 9.17) is 0 Å². The van der Waals surface area contributed by atoms with Gasteiger partial charge in [0, 0.05) is 25.5 Å². The summed E-state index contributed by atoms with van der Waals surface area (Å²) < 4.78 is 2.04. The maximum atomic E-state index is 12.4. The third kappa shape index (κ3) is 3.58. The number of amides is 1. The molecule has 2 fully saturated rings. The average molecular weight is 349 g/mol. The highest BCUT2D eigenvalue weighted by Crippen LogP contribution is 2.68. The molecule has 0 bridgehead atoms. The number of hydrogen-bond donors (Lipinski definition) is 2. The number of halogens is 2. The normalized spacial score (nSPS) is 25.0. The SMILES string of the molecule is CC1(C(=O)NCCCn2ccnc2)CC12CCNCC2.Cl.Cl. The molecular formula is C15H26Cl2N4O. The maximum absolute atomic E-state index is 12.4. The van der Waals surface area contributed by atoms with Crippen LogP contribution >= 0.6 is 24.8 Å². The molecule has 1 atom stereocenters. The van der Waals surface area contributed by atoms with E-state index in [2.05, 4.69) is 22.5 Å². The zero-order valence-electron chi connectivity index (χ0n) is 13.0. The number of nitrogens with zero attached hydrogens (tertiary/aromatic N) is 2. The Labute approximate surface area is 144 Å². The Bertz CT molecular complexity index is 474. The first-order chi connectivity index (χ1) is 9.66.